The van der Waals surface area contributed by atoms with E-state index in [4.69, 9.17) is 0 Å². The van der Waals surface area contributed by atoms with E-state index in [9.17, 15) is 5.11 Å². The second-order valence-corrected chi connectivity index (χ2v) is 8.42. The molecule has 0 saturated heterocycles. The first-order valence-corrected chi connectivity index (χ1v) is 8.91. The van der Waals surface area contributed by atoms with Crippen LogP contribution in [0.4, 0.5) is 0 Å². The fraction of sp³-hybridized carbons (Fsp3) is 0.588. The number of rotatable bonds is 1. The lowest BCUT2D eigenvalue weighted by atomic mass is 9.79. The van der Waals surface area contributed by atoms with Crippen molar-refractivity contribution in [2.75, 3.05) is 0 Å². The lowest BCUT2D eigenvalue weighted by Gasteiger charge is -2.38. The molecule has 0 amide bonds. The first kappa shape index (κ1) is 12.4. The summed E-state index contributed by atoms with van der Waals surface area (Å²) in [4.78, 5) is 0.119. The van der Waals surface area contributed by atoms with Crippen LogP contribution in [0.2, 0.25) is 0 Å². The van der Waals surface area contributed by atoms with Gasteiger partial charge in [0.25, 0.3) is 0 Å². The molecule has 4 aliphatic rings. The van der Waals surface area contributed by atoms with Gasteiger partial charge in [-0.15, -0.1) is 0 Å². The van der Waals surface area contributed by atoms with Gasteiger partial charge in [0.05, 0.1) is 5.56 Å². The number of thioether (sulfide) groups is 1. The van der Waals surface area contributed by atoms with Gasteiger partial charge >= 0.3 is 0 Å². The highest BCUT2D eigenvalue weighted by Crippen LogP contribution is 2.66. The van der Waals surface area contributed by atoms with E-state index in [2.05, 4.69) is 10.5 Å². The number of phenols is 1. The highest BCUT2D eigenvalue weighted by atomic mass is 32.2. The summed E-state index contributed by atoms with van der Waals surface area (Å²) < 4.78 is 0. The first-order chi connectivity index (χ1) is 10.3. The predicted octanol–water partition coefficient (Wildman–Crippen LogP) is 3.54. The molecule has 1 aromatic carbocycles. The van der Waals surface area contributed by atoms with Crippen LogP contribution in [0.25, 0.3) is 0 Å². The van der Waals surface area contributed by atoms with Crippen molar-refractivity contribution in [3.63, 3.8) is 0 Å². The summed E-state index contributed by atoms with van der Waals surface area (Å²) in [7, 11) is 0. The standard InChI is InChI=1S/C17H20N2OS/c20-15-7-2-1-4-13(15)16-18-19-17(21-16)9-10-8-14(17)12-6-3-5-11(10)12/h1-2,4,7,10-12,14,19-20H,3,5-6,8-9H2/t10-,11+,12-,14+,17-/m1/s1. The summed E-state index contributed by atoms with van der Waals surface area (Å²) in [6, 6.07) is 7.55. The zero-order valence-electron chi connectivity index (χ0n) is 12.0. The second kappa shape index (κ2) is 4.19. The molecule has 3 fully saturated rings. The maximum absolute atomic E-state index is 10.1. The Labute approximate surface area is 129 Å². The van der Waals surface area contributed by atoms with Crippen LogP contribution in [0.1, 0.15) is 37.7 Å². The van der Waals surface area contributed by atoms with Crippen LogP contribution in [-0.2, 0) is 0 Å². The van der Waals surface area contributed by atoms with Gasteiger partial charge in [-0.05, 0) is 61.5 Å². The van der Waals surface area contributed by atoms with E-state index in [0.29, 0.717) is 5.75 Å². The fourth-order valence-electron chi connectivity index (χ4n) is 5.47. The summed E-state index contributed by atoms with van der Waals surface area (Å²) >= 11 is 1.88. The van der Waals surface area contributed by atoms with E-state index in [-0.39, 0.29) is 4.87 Å². The van der Waals surface area contributed by atoms with Crippen LogP contribution in [0.5, 0.6) is 5.75 Å². The van der Waals surface area contributed by atoms with Crippen LogP contribution in [0.15, 0.2) is 29.4 Å². The molecular formula is C17H20N2OS. The normalized spacial score (nSPS) is 43.1. The van der Waals surface area contributed by atoms with Crippen molar-refractivity contribution < 1.29 is 5.11 Å². The minimum atomic E-state index is 0.119. The van der Waals surface area contributed by atoms with E-state index in [0.717, 1.165) is 34.3 Å². The fourth-order valence-corrected chi connectivity index (χ4v) is 7.00. The minimum Gasteiger partial charge on any atom is -0.507 e. The molecule has 3 saturated carbocycles. The number of hydrogen-bond acceptors (Lipinski definition) is 4. The predicted molar refractivity (Wildman–Crippen MR) is 85.1 cm³/mol. The molecule has 110 valence electrons. The van der Waals surface area contributed by atoms with E-state index in [1.54, 1.807) is 6.07 Å². The topological polar surface area (TPSA) is 44.6 Å². The molecule has 5 atom stereocenters. The number of hydrazone groups is 1. The number of aromatic hydroxyl groups is 1. The summed E-state index contributed by atoms with van der Waals surface area (Å²) in [5.74, 6) is 3.93. The average molecular weight is 300 g/mol. The van der Waals surface area contributed by atoms with Crippen molar-refractivity contribution in [3.05, 3.63) is 29.8 Å². The molecule has 3 aliphatic carbocycles. The number of hydrogen-bond donors (Lipinski definition) is 2. The molecule has 2 bridgehead atoms. The Morgan fingerprint density at radius 2 is 2.10 bits per heavy atom. The lowest BCUT2D eigenvalue weighted by Crippen LogP contribution is -2.45. The number of nitrogens with one attached hydrogen (secondary N) is 1. The van der Waals surface area contributed by atoms with Crippen molar-refractivity contribution in [2.45, 2.75) is 37.0 Å². The van der Waals surface area contributed by atoms with E-state index in [1.807, 2.05) is 30.0 Å². The van der Waals surface area contributed by atoms with E-state index in [1.165, 1.54) is 32.1 Å². The van der Waals surface area contributed by atoms with Crippen molar-refractivity contribution in [1.29, 1.82) is 0 Å². The maximum Gasteiger partial charge on any atom is 0.129 e. The monoisotopic (exact) mass is 300 g/mol. The van der Waals surface area contributed by atoms with Crippen LogP contribution < -0.4 is 5.43 Å². The molecule has 1 heterocycles. The molecule has 21 heavy (non-hydrogen) atoms. The third-order valence-electron chi connectivity index (χ3n) is 6.23. The Hall–Kier alpha value is -1.16. The number of fused-ring (bicyclic) bond motifs is 6. The first-order valence-electron chi connectivity index (χ1n) is 8.09. The summed E-state index contributed by atoms with van der Waals surface area (Å²) in [5.41, 5.74) is 4.36. The van der Waals surface area contributed by atoms with E-state index < -0.39 is 0 Å². The molecule has 0 aromatic heterocycles. The van der Waals surface area contributed by atoms with Crippen molar-refractivity contribution in [1.82, 2.24) is 5.43 Å². The van der Waals surface area contributed by atoms with Crippen molar-refractivity contribution in [3.8, 4) is 5.75 Å². The number of para-hydroxylation sites is 1. The summed E-state index contributed by atoms with van der Waals surface area (Å²) in [6.45, 7) is 0. The zero-order valence-corrected chi connectivity index (χ0v) is 12.8. The largest absolute Gasteiger partial charge is 0.507 e. The molecule has 3 nitrogen and oxygen atoms in total. The highest BCUT2D eigenvalue weighted by molar-refractivity contribution is 8.15. The second-order valence-electron chi connectivity index (χ2n) is 7.10. The molecule has 4 heteroatoms. The van der Waals surface area contributed by atoms with Gasteiger partial charge in [0, 0.05) is 0 Å². The molecule has 2 N–H and O–H groups in total. The van der Waals surface area contributed by atoms with Crippen molar-refractivity contribution >= 4 is 16.8 Å². The average Bonchev–Trinajstić information content (AvgIpc) is 3.22. The van der Waals surface area contributed by atoms with Crippen LogP contribution in [0.3, 0.4) is 0 Å². The summed E-state index contributed by atoms with van der Waals surface area (Å²) in [6.07, 6.45) is 6.95. The van der Waals surface area contributed by atoms with Crippen molar-refractivity contribution in [2.24, 2.45) is 28.8 Å². The lowest BCUT2D eigenvalue weighted by molar-refractivity contribution is 0.192. The number of phenolic OH excluding ortho intramolecular Hbond substituents is 1. The zero-order chi connectivity index (χ0) is 14.0. The molecule has 1 aromatic rings. The maximum atomic E-state index is 10.1. The third-order valence-corrected chi connectivity index (χ3v) is 7.66. The Kier molecular flexibility index (Phi) is 2.47. The molecule has 0 unspecified atom stereocenters. The Morgan fingerprint density at radius 1 is 1.24 bits per heavy atom. The SMILES string of the molecule is Oc1ccccc1C1=NN[C@]2(C[C@H]3C[C@H]2[C@@H]2CCC[C@@H]32)S1. The third kappa shape index (κ3) is 1.60. The number of nitrogens with zero attached hydrogens (tertiary/aromatic N) is 1. The van der Waals surface area contributed by atoms with Crippen LogP contribution in [0, 0.1) is 23.7 Å². The highest BCUT2D eigenvalue weighted by Gasteiger charge is 2.63. The van der Waals surface area contributed by atoms with Gasteiger partial charge in [-0.2, -0.15) is 5.10 Å². The molecule has 1 aliphatic heterocycles. The molecular weight excluding hydrogens is 280 g/mol. The Balaban J connectivity index is 1.44. The summed E-state index contributed by atoms with van der Waals surface area (Å²) in [5, 5.41) is 15.6. The molecule has 1 spiro atoms. The minimum absolute atomic E-state index is 0.119. The smallest absolute Gasteiger partial charge is 0.129 e. The number of benzene rings is 1. The van der Waals surface area contributed by atoms with Gasteiger partial charge < -0.3 is 5.11 Å². The van der Waals surface area contributed by atoms with Gasteiger partial charge in [0.15, 0.2) is 0 Å². The van der Waals surface area contributed by atoms with Gasteiger partial charge in [-0.25, -0.2) is 0 Å². The van der Waals surface area contributed by atoms with Gasteiger partial charge in [-0.3, -0.25) is 5.43 Å². The van der Waals surface area contributed by atoms with Gasteiger partial charge in [-0.1, -0.05) is 30.3 Å². The van der Waals surface area contributed by atoms with E-state index >= 15 is 0 Å². The van der Waals surface area contributed by atoms with Crippen LogP contribution in [-0.4, -0.2) is 15.0 Å². The van der Waals surface area contributed by atoms with Gasteiger partial charge in [0.1, 0.15) is 15.7 Å². The molecule has 5 rings (SSSR count). The van der Waals surface area contributed by atoms with Crippen LogP contribution >= 0.6 is 11.8 Å². The Morgan fingerprint density at radius 3 is 3.00 bits per heavy atom. The Bertz CT molecular complexity index is 631. The quantitative estimate of drug-likeness (QED) is 0.834. The van der Waals surface area contributed by atoms with Gasteiger partial charge in [0.2, 0.25) is 0 Å². The molecule has 0 radical (unpaired) electrons.